The molecule has 27 heavy (non-hydrogen) atoms. The van der Waals surface area contributed by atoms with Crippen LogP contribution in [0.5, 0.6) is 5.75 Å². The van der Waals surface area contributed by atoms with Crippen LogP contribution in [0.4, 0.5) is 0 Å². The lowest BCUT2D eigenvalue weighted by Crippen LogP contribution is -2.42. The Hall–Kier alpha value is -2.44. The second kappa shape index (κ2) is 7.66. The number of amides is 1. The Morgan fingerprint density at radius 3 is 2.81 bits per heavy atom. The van der Waals surface area contributed by atoms with Crippen LogP contribution in [0, 0.1) is 0 Å². The highest BCUT2D eigenvalue weighted by Crippen LogP contribution is 2.39. The molecular formula is C21H19NO3S2. The molecule has 0 spiro atoms. The SMILES string of the molecule is CC(=O)c1cccc(OCC(=O)N2CCc3sccc3[C@@H]2c2cccs2)c1. The van der Waals surface area contributed by atoms with Gasteiger partial charge in [0, 0.05) is 21.9 Å². The van der Waals surface area contributed by atoms with E-state index >= 15 is 0 Å². The Morgan fingerprint density at radius 2 is 2.04 bits per heavy atom. The number of ether oxygens (including phenoxy) is 1. The van der Waals surface area contributed by atoms with Crippen LogP contribution in [-0.2, 0) is 11.2 Å². The molecule has 0 radical (unpaired) electrons. The van der Waals surface area contributed by atoms with Crippen molar-refractivity contribution in [1.29, 1.82) is 0 Å². The number of fused-ring (bicyclic) bond motifs is 1. The summed E-state index contributed by atoms with van der Waals surface area (Å²) in [5, 5.41) is 4.14. The van der Waals surface area contributed by atoms with Crippen LogP contribution in [0.3, 0.4) is 0 Å². The van der Waals surface area contributed by atoms with Crippen molar-refractivity contribution >= 4 is 34.4 Å². The van der Waals surface area contributed by atoms with Crippen molar-refractivity contribution in [2.75, 3.05) is 13.2 Å². The number of thiophene rings is 2. The summed E-state index contributed by atoms with van der Waals surface area (Å²) < 4.78 is 5.71. The first kappa shape index (κ1) is 17.9. The third-order valence-corrected chi connectivity index (χ3v) is 6.62. The first-order valence-electron chi connectivity index (χ1n) is 8.76. The number of carbonyl (C=O) groups excluding carboxylic acids is 2. The third kappa shape index (κ3) is 3.68. The smallest absolute Gasteiger partial charge is 0.261 e. The number of Topliss-reactive ketones (excluding diaryl/α,β-unsaturated/α-hetero) is 1. The summed E-state index contributed by atoms with van der Waals surface area (Å²) in [5.41, 5.74) is 1.80. The highest BCUT2D eigenvalue weighted by atomic mass is 32.1. The summed E-state index contributed by atoms with van der Waals surface area (Å²) in [5.74, 6) is 0.473. The van der Waals surface area contributed by atoms with Crippen LogP contribution in [0.25, 0.3) is 0 Å². The molecule has 1 aliphatic heterocycles. The molecule has 0 unspecified atom stereocenters. The van der Waals surface area contributed by atoms with Gasteiger partial charge in [0.05, 0.1) is 6.04 Å². The van der Waals surface area contributed by atoms with Gasteiger partial charge in [0.25, 0.3) is 5.91 Å². The van der Waals surface area contributed by atoms with Crippen LogP contribution < -0.4 is 4.74 Å². The maximum absolute atomic E-state index is 13.0. The lowest BCUT2D eigenvalue weighted by atomic mass is 9.98. The van der Waals surface area contributed by atoms with Crippen molar-refractivity contribution in [3.8, 4) is 5.75 Å². The number of benzene rings is 1. The van der Waals surface area contributed by atoms with Gasteiger partial charge in [-0.2, -0.15) is 0 Å². The molecule has 1 amide bonds. The lowest BCUT2D eigenvalue weighted by Gasteiger charge is -2.35. The molecule has 0 bridgehead atoms. The molecule has 1 aliphatic rings. The predicted molar refractivity (Wildman–Crippen MR) is 108 cm³/mol. The molecule has 6 heteroatoms. The molecule has 0 aliphatic carbocycles. The molecule has 3 aromatic rings. The van der Waals surface area contributed by atoms with Crippen molar-refractivity contribution in [3.63, 3.8) is 0 Å². The minimum absolute atomic E-state index is 0.0226. The van der Waals surface area contributed by atoms with E-state index in [1.807, 2.05) is 16.3 Å². The van der Waals surface area contributed by atoms with Crippen molar-refractivity contribution in [2.24, 2.45) is 0 Å². The standard InChI is InChI=1S/C21H19NO3S2/c1-14(23)15-4-2-5-16(12-15)25-13-20(24)22-9-7-18-17(8-11-27-18)21(22)19-6-3-10-26-19/h2-6,8,10-12,21H,7,9,13H2,1H3/t21-/m1/s1. The van der Waals surface area contributed by atoms with Crippen molar-refractivity contribution in [3.05, 3.63) is 74.1 Å². The lowest BCUT2D eigenvalue weighted by molar-refractivity contribution is -0.135. The summed E-state index contributed by atoms with van der Waals surface area (Å²) in [7, 11) is 0. The maximum Gasteiger partial charge on any atom is 0.261 e. The van der Waals surface area contributed by atoms with Gasteiger partial charge in [-0.1, -0.05) is 18.2 Å². The van der Waals surface area contributed by atoms with Crippen LogP contribution in [0.2, 0.25) is 0 Å². The summed E-state index contributed by atoms with van der Waals surface area (Å²) >= 11 is 3.43. The average molecular weight is 398 g/mol. The van der Waals surface area contributed by atoms with E-state index < -0.39 is 0 Å². The summed E-state index contributed by atoms with van der Waals surface area (Å²) in [6.07, 6.45) is 0.875. The van der Waals surface area contributed by atoms with E-state index in [1.165, 1.54) is 22.2 Å². The number of hydrogen-bond donors (Lipinski definition) is 0. The molecule has 0 fully saturated rings. The summed E-state index contributed by atoms with van der Waals surface area (Å²) in [6, 6.07) is 13.1. The van der Waals surface area contributed by atoms with E-state index in [-0.39, 0.29) is 24.3 Å². The Kier molecular flexibility index (Phi) is 5.09. The van der Waals surface area contributed by atoms with E-state index in [4.69, 9.17) is 4.74 Å². The monoisotopic (exact) mass is 397 g/mol. The average Bonchev–Trinajstić information content (AvgIpc) is 3.37. The van der Waals surface area contributed by atoms with E-state index in [9.17, 15) is 9.59 Å². The zero-order valence-electron chi connectivity index (χ0n) is 14.9. The van der Waals surface area contributed by atoms with Gasteiger partial charge in [0.1, 0.15) is 5.75 Å². The molecule has 0 saturated heterocycles. The van der Waals surface area contributed by atoms with Gasteiger partial charge in [-0.3, -0.25) is 9.59 Å². The number of carbonyl (C=O) groups is 2. The molecule has 4 nitrogen and oxygen atoms in total. The van der Waals surface area contributed by atoms with Crippen LogP contribution in [0.15, 0.2) is 53.2 Å². The van der Waals surface area contributed by atoms with Crippen LogP contribution in [0.1, 0.15) is 38.6 Å². The highest BCUT2D eigenvalue weighted by Gasteiger charge is 2.33. The van der Waals surface area contributed by atoms with Gasteiger partial charge < -0.3 is 9.64 Å². The minimum atomic E-state index is -0.0431. The molecule has 4 rings (SSSR count). The first-order valence-corrected chi connectivity index (χ1v) is 10.5. The molecule has 0 saturated carbocycles. The number of hydrogen-bond acceptors (Lipinski definition) is 5. The molecule has 1 atom stereocenters. The zero-order valence-corrected chi connectivity index (χ0v) is 16.5. The van der Waals surface area contributed by atoms with Gasteiger partial charge >= 0.3 is 0 Å². The Morgan fingerprint density at radius 1 is 1.15 bits per heavy atom. The van der Waals surface area contributed by atoms with E-state index in [0.717, 1.165) is 6.42 Å². The quantitative estimate of drug-likeness (QED) is 0.593. The maximum atomic E-state index is 13.0. The fourth-order valence-corrected chi connectivity index (χ4v) is 5.13. The van der Waals surface area contributed by atoms with Gasteiger partial charge in [0.2, 0.25) is 0 Å². The van der Waals surface area contributed by atoms with E-state index in [2.05, 4.69) is 17.5 Å². The van der Waals surface area contributed by atoms with Crippen LogP contribution in [-0.4, -0.2) is 29.7 Å². The third-order valence-electron chi connectivity index (χ3n) is 4.70. The van der Waals surface area contributed by atoms with Crippen molar-refractivity contribution < 1.29 is 14.3 Å². The fraction of sp³-hybridized carbons (Fsp3) is 0.238. The normalized spacial score (nSPS) is 16.0. The minimum Gasteiger partial charge on any atom is -0.484 e. The summed E-state index contributed by atoms with van der Waals surface area (Å²) in [4.78, 5) is 28.9. The van der Waals surface area contributed by atoms with Gasteiger partial charge in [-0.05, 0) is 53.9 Å². The Labute approximate surface area is 166 Å². The molecule has 3 heterocycles. The Bertz CT molecular complexity index is 961. The fourth-order valence-electron chi connectivity index (χ4n) is 3.37. The number of nitrogens with zero attached hydrogens (tertiary/aromatic N) is 1. The molecule has 0 N–H and O–H groups in total. The van der Waals surface area contributed by atoms with Crippen molar-refractivity contribution in [2.45, 2.75) is 19.4 Å². The second-order valence-corrected chi connectivity index (χ2v) is 8.41. The first-order chi connectivity index (χ1) is 13.1. The Balaban J connectivity index is 1.52. The predicted octanol–water partition coefficient (Wildman–Crippen LogP) is 4.57. The summed E-state index contributed by atoms with van der Waals surface area (Å²) in [6.45, 7) is 2.16. The largest absolute Gasteiger partial charge is 0.484 e. The van der Waals surface area contributed by atoms with E-state index in [0.29, 0.717) is 17.9 Å². The van der Waals surface area contributed by atoms with Gasteiger partial charge in [-0.25, -0.2) is 0 Å². The number of rotatable bonds is 5. The van der Waals surface area contributed by atoms with Gasteiger partial charge in [-0.15, -0.1) is 22.7 Å². The highest BCUT2D eigenvalue weighted by molar-refractivity contribution is 7.10. The topological polar surface area (TPSA) is 46.6 Å². The molecule has 1 aromatic carbocycles. The second-order valence-electron chi connectivity index (χ2n) is 6.43. The van der Waals surface area contributed by atoms with E-state index in [1.54, 1.807) is 46.9 Å². The zero-order chi connectivity index (χ0) is 18.8. The number of ketones is 1. The molecular weight excluding hydrogens is 378 g/mol. The molecule has 138 valence electrons. The van der Waals surface area contributed by atoms with Gasteiger partial charge in [0.15, 0.2) is 12.4 Å². The van der Waals surface area contributed by atoms with Crippen molar-refractivity contribution in [1.82, 2.24) is 4.90 Å². The molecule has 2 aromatic heterocycles. The van der Waals surface area contributed by atoms with Crippen LogP contribution >= 0.6 is 22.7 Å².